The fourth-order valence-electron chi connectivity index (χ4n) is 1.03. The third kappa shape index (κ3) is 14.4. The first-order chi connectivity index (χ1) is 9.88. The van der Waals surface area contributed by atoms with Gasteiger partial charge in [-0.15, -0.1) is 22.7 Å². The van der Waals surface area contributed by atoms with E-state index in [0.717, 1.165) is 11.4 Å². The molecule has 0 unspecified atom stereocenters. The van der Waals surface area contributed by atoms with E-state index in [1.54, 1.807) is 0 Å². The van der Waals surface area contributed by atoms with Crippen molar-refractivity contribution < 1.29 is 63.2 Å². The summed E-state index contributed by atoms with van der Waals surface area (Å²) in [6.07, 6.45) is 0. The van der Waals surface area contributed by atoms with Crippen molar-refractivity contribution in [1.82, 2.24) is 9.97 Å². The Hall–Kier alpha value is -1.89. The van der Waals surface area contributed by atoms with Crippen LogP contribution in [-0.2, 0) is 31.1 Å². The molecule has 2 aromatic heterocycles. The number of nitrogens with two attached hydrogens (primary N) is 2. The van der Waals surface area contributed by atoms with E-state index in [4.69, 9.17) is 11.5 Å². The summed E-state index contributed by atoms with van der Waals surface area (Å²) in [5.41, 5.74) is 12.5. The van der Waals surface area contributed by atoms with Crippen LogP contribution in [0.3, 0.4) is 0 Å². The van der Waals surface area contributed by atoms with Crippen LogP contribution in [-0.4, -0.2) is 57.0 Å². The van der Waals surface area contributed by atoms with Crippen LogP contribution >= 0.6 is 22.7 Å². The Morgan fingerprint density at radius 3 is 1.38 bits per heavy atom. The van der Waals surface area contributed by atoms with Gasteiger partial charge in [-0.25, -0.2) is 9.97 Å². The second-order valence-electron chi connectivity index (χ2n) is 3.38. The summed E-state index contributed by atoms with van der Waals surface area (Å²) < 4.78 is 4.03. The standard InChI is InChI=1S/C6H6N4S2.C4H6O5.Co.4H2O/c7-5-9-3(1-11-5)4-2-12-6(8)10-4;5-3(6)1-9-2-4(7)8;;;;;/h1-2H,(H2,7,9)(H2,8,10);1-2H2,(H,5,6)(H,7,8);;4*1H2/q;;+2;;;;/p-2. The first kappa shape index (κ1) is 35.3. The number of thiazole rings is 2. The normalized spacial score (nSPS) is 7.85. The minimum absolute atomic E-state index is 0. The molecule has 26 heavy (non-hydrogen) atoms. The van der Waals surface area contributed by atoms with Gasteiger partial charge < -0.3 is 57.9 Å². The van der Waals surface area contributed by atoms with E-state index in [0.29, 0.717) is 10.3 Å². The molecule has 13 nitrogen and oxygen atoms in total. The summed E-state index contributed by atoms with van der Waals surface area (Å²) in [6, 6.07) is 0. The molecule has 2 heterocycles. The summed E-state index contributed by atoms with van der Waals surface area (Å²) in [6.45, 7) is -1.43. The number of nitrogen functional groups attached to an aromatic ring is 2. The van der Waals surface area contributed by atoms with Crippen molar-refractivity contribution in [3.05, 3.63) is 10.8 Å². The summed E-state index contributed by atoms with van der Waals surface area (Å²) in [5.74, 6) is -2.90. The Bertz CT molecular complexity index is 573. The molecule has 2 aromatic rings. The Morgan fingerprint density at radius 2 is 1.19 bits per heavy atom. The molecule has 0 atom stereocenters. The first-order valence-electron chi connectivity index (χ1n) is 5.28. The molecule has 12 N–H and O–H groups in total. The van der Waals surface area contributed by atoms with Gasteiger partial charge in [0.1, 0.15) is 11.4 Å². The van der Waals surface area contributed by atoms with E-state index >= 15 is 0 Å². The van der Waals surface area contributed by atoms with E-state index in [-0.39, 0.29) is 38.7 Å². The number of hydrogen-bond donors (Lipinski definition) is 2. The van der Waals surface area contributed by atoms with Gasteiger partial charge in [0, 0.05) is 10.8 Å². The van der Waals surface area contributed by atoms with Crippen molar-refractivity contribution in [2.45, 2.75) is 0 Å². The van der Waals surface area contributed by atoms with Crippen LogP contribution in [0.15, 0.2) is 10.8 Å². The summed E-state index contributed by atoms with van der Waals surface area (Å²) in [7, 11) is 0. The summed E-state index contributed by atoms with van der Waals surface area (Å²) in [4.78, 5) is 27.2. The SMILES string of the molecule is Nc1nc(-c2csc(N)n2)cs1.O.O.O.O.O=C([O-])COCC(=O)[O-].[Co+2]. The van der Waals surface area contributed by atoms with Crippen molar-refractivity contribution in [2.75, 3.05) is 24.7 Å². The molecule has 0 aromatic carbocycles. The first-order valence-corrected chi connectivity index (χ1v) is 7.04. The van der Waals surface area contributed by atoms with Gasteiger partial charge in [-0.05, 0) is 0 Å². The molecule has 0 aliphatic heterocycles. The number of rotatable bonds is 5. The predicted octanol–water partition coefficient (Wildman–Crippen LogP) is -5.37. The summed E-state index contributed by atoms with van der Waals surface area (Å²) in [5, 5.41) is 23.9. The van der Waals surface area contributed by atoms with Crippen LogP contribution in [0.5, 0.6) is 0 Å². The number of aromatic nitrogens is 2. The Morgan fingerprint density at radius 1 is 0.885 bits per heavy atom. The maximum Gasteiger partial charge on any atom is 2.00 e. The fourth-order valence-corrected chi connectivity index (χ4v) is 2.14. The van der Waals surface area contributed by atoms with E-state index in [2.05, 4.69) is 14.7 Å². The minimum Gasteiger partial charge on any atom is -0.548 e. The second-order valence-corrected chi connectivity index (χ2v) is 5.16. The van der Waals surface area contributed by atoms with Gasteiger partial charge in [0.15, 0.2) is 10.3 Å². The van der Waals surface area contributed by atoms with Crippen LogP contribution in [0.2, 0.25) is 0 Å². The molecule has 0 aliphatic carbocycles. The molecule has 16 heteroatoms. The Balaban J connectivity index is -0.0000000979. The average molecular weight is 461 g/mol. The van der Waals surface area contributed by atoms with Crippen molar-refractivity contribution >= 4 is 44.9 Å². The van der Waals surface area contributed by atoms with Gasteiger partial charge in [-0.2, -0.15) is 0 Å². The molecular weight excluding hydrogens is 443 g/mol. The van der Waals surface area contributed by atoms with Gasteiger partial charge in [-0.3, -0.25) is 0 Å². The number of ether oxygens (including phenoxy) is 1. The van der Waals surface area contributed by atoms with Gasteiger partial charge in [0.2, 0.25) is 0 Å². The molecule has 2 rings (SSSR count). The topological polar surface area (TPSA) is 293 Å². The van der Waals surface area contributed by atoms with Crippen molar-refractivity contribution in [1.29, 1.82) is 0 Å². The third-order valence-electron chi connectivity index (χ3n) is 1.75. The van der Waals surface area contributed by atoms with Gasteiger partial charge in [-0.1, -0.05) is 0 Å². The minimum atomic E-state index is -1.45. The quantitative estimate of drug-likeness (QED) is 0.428. The van der Waals surface area contributed by atoms with Gasteiger partial charge in [0.25, 0.3) is 0 Å². The molecule has 1 radical (unpaired) electrons. The fraction of sp³-hybridized carbons (Fsp3) is 0.200. The number of nitrogens with zero attached hydrogens (tertiary/aromatic N) is 2. The van der Waals surface area contributed by atoms with Crippen LogP contribution in [0.4, 0.5) is 10.3 Å². The predicted molar refractivity (Wildman–Crippen MR) is 87.3 cm³/mol. The van der Waals surface area contributed by atoms with Crippen molar-refractivity contribution in [3.8, 4) is 11.4 Å². The molecule has 0 fully saturated rings. The maximum atomic E-state index is 9.53. The summed E-state index contributed by atoms with van der Waals surface area (Å²) >= 11 is 2.80. The van der Waals surface area contributed by atoms with Crippen molar-refractivity contribution in [2.24, 2.45) is 0 Å². The van der Waals surface area contributed by atoms with Crippen LogP contribution in [0.25, 0.3) is 11.4 Å². The van der Waals surface area contributed by atoms with Crippen LogP contribution in [0.1, 0.15) is 0 Å². The monoisotopic (exact) mass is 461 g/mol. The number of anilines is 2. The Labute approximate surface area is 165 Å². The average Bonchev–Trinajstić information content (AvgIpc) is 2.98. The number of carboxylic acids is 2. The second kappa shape index (κ2) is 17.9. The van der Waals surface area contributed by atoms with Crippen molar-refractivity contribution in [3.63, 3.8) is 0 Å². The number of carbonyl (C=O) groups is 2. The van der Waals surface area contributed by atoms with Gasteiger partial charge >= 0.3 is 16.8 Å². The molecule has 0 saturated carbocycles. The number of carbonyl (C=O) groups excluding carboxylic acids is 2. The smallest absolute Gasteiger partial charge is 0.548 e. The molecule has 0 spiro atoms. The Kier molecular flexibility index (Phi) is 24.3. The number of hydrogen-bond acceptors (Lipinski definition) is 11. The molecule has 0 aliphatic rings. The zero-order chi connectivity index (χ0) is 15.8. The van der Waals surface area contributed by atoms with E-state index < -0.39 is 25.2 Å². The van der Waals surface area contributed by atoms with Crippen LogP contribution in [0, 0.1) is 0 Å². The van der Waals surface area contributed by atoms with E-state index in [9.17, 15) is 19.8 Å². The zero-order valence-electron chi connectivity index (χ0n) is 12.8. The van der Waals surface area contributed by atoms with Gasteiger partial charge in [0.05, 0.1) is 25.2 Å². The number of carboxylic acid groups (broad SMARTS) is 2. The zero-order valence-corrected chi connectivity index (χ0v) is 15.5. The maximum absolute atomic E-state index is 9.53. The molecular formula is C10H18CoN4O9S2. The van der Waals surface area contributed by atoms with E-state index in [1.807, 2.05) is 10.8 Å². The molecule has 0 bridgehead atoms. The number of aliphatic carboxylic acids is 2. The molecule has 0 saturated heterocycles. The third-order valence-corrected chi connectivity index (χ3v) is 3.09. The van der Waals surface area contributed by atoms with E-state index in [1.165, 1.54) is 22.7 Å². The molecule has 153 valence electrons. The largest absolute Gasteiger partial charge is 2.00 e. The van der Waals surface area contributed by atoms with Crippen LogP contribution < -0.4 is 21.7 Å². The molecule has 0 amide bonds.